The summed E-state index contributed by atoms with van der Waals surface area (Å²) in [5.74, 6) is -2.64. The van der Waals surface area contributed by atoms with Crippen LogP contribution in [-0.2, 0) is 18.0 Å². The lowest BCUT2D eigenvalue weighted by Gasteiger charge is -2.03. The maximum atomic E-state index is 10.8. The van der Waals surface area contributed by atoms with Crippen LogP contribution in [0, 0.1) is 0 Å². The second-order valence-electron chi connectivity index (χ2n) is 3.09. The Labute approximate surface area is 84.1 Å². The molecule has 6 heteroatoms. The molecule has 1 aromatic rings. The summed E-state index contributed by atoms with van der Waals surface area (Å²) in [6.07, 6.45) is 0. The third kappa shape index (κ3) is 1.55. The highest BCUT2D eigenvalue weighted by molar-refractivity contribution is 6.00. The van der Waals surface area contributed by atoms with Crippen LogP contribution < -0.4 is 0 Å². The van der Waals surface area contributed by atoms with E-state index in [9.17, 15) is 9.59 Å². The normalized spacial score (nSPS) is 13.6. The molecule has 0 amide bonds. The molecule has 2 N–H and O–H groups in total. The fourth-order valence-electron chi connectivity index (χ4n) is 1.43. The second kappa shape index (κ2) is 3.32. The first-order chi connectivity index (χ1) is 7.09. The number of nitrogens with zero attached hydrogens (tertiary/aromatic N) is 1. The predicted octanol–water partition coefficient (Wildman–Crippen LogP) is 0.508. The summed E-state index contributed by atoms with van der Waals surface area (Å²) in [5.41, 5.74) is 0.397. The zero-order valence-electron chi connectivity index (χ0n) is 7.56. The lowest BCUT2D eigenvalue weighted by molar-refractivity contribution is 0.0646. The SMILES string of the molecule is O=C(O)c1cc2c(nc1C(=O)O)COC2. The summed E-state index contributed by atoms with van der Waals surface area (Å²) in [7, 11) is 0. The summed E-state index contributed by atoms with van der Waals surface area (Å²) in [4.78, 5) is 25.3. The molecule has 1 aliphatic rings. The number of hydrogen-bond donors (Lipinski definition) is 2. The number of aromatic nitrogens is 1. The van der Waals surface area contributed by atoms with E-state index in [0.717, 1.165) is 0 Å². The van der Waals surface area contributed by atoms with Gasteiger partial charge in [-0.15, -0.1) is 0 Å². The van der Waals surface area contributed by atoms with Gasteiger partial charge in [0.2, 0.25) is 0 Å². The Kier molecular flexibility index (Phi) is 2.12. The number of rotatable bonds is 2. The summed E-state index contributed by atoms with van der Waals surface area (Å²) in [6, 6.07) is 1.31. The lowest BCUT2D eigenvalue weighted by Crippen LogP contribution is -2.12. The van der Waals surface area contributed by atoms with Crippen LogP contribution in [-0.4, -0.2) is 27.1 Å². The standard InChI is InChI=1S/C9H7NO5/c11-8(12)5-1-4-2-15-3-6(4)10-7(5)9(13)14/h1H,2-3H2,(H,11,12)(H,13,14). The molecule has 0 radical (unpaired) electrons. The fraction of sp³-hybridized carbons (Fsp3) is 0.222. The Bertz CT molecular complexity index is 413. The molecule has 2 rings (SSSR count). The largest absolute Gasteiger partial charge is 0.478 e. The Balaban J connectivity index is 2.62. The number of carboxylic acids is 2. The molecule has 1 aromatic heterocycles. The Morgan fingerprint density at radius 1 is 1.27 bits per heavy atom. The van der Waals surface area contributed by atoms with Crippen molar-refractivity contribution in [1.29, 1.82) is 0 Å². The van der Waals surface area contributed by atoms with E-state index < -0.39 is 17.6 Å². The van der Waals surface area contributed by atoms with Crippen molar-refractivity contribution >= 4 is 11.9 Å². The van der Waals surface area contributed by atoms with Gasteiger partial charge in [0, 0.05) is 5.56 Å². The number of carbonyl (C=O) groups is 2. The van der Waals surface area contributed by atoms with Crippen LogP contribution in [0.3, 0.4) is 0 Å². The zero-order valence-corrected chi connectivity index (χ0v) is 7.56. The van der Waals surface area contributed by atoms with E-state index >= 15 is 0 Å². The van der Waals surface area contributed by atoms with Crippen molar-refractivity contribution in [2.45, 2.75) is 13.2 Å². The van der Waals surface area contributed by atoms with E-state index in [1.54, 1.807) is 0 Å². The van der Waals surface area contributed by atoms with Gasteiger partial charge in [-0.3, -0.25) is 0 Å². The van der Waals surface area contributed by atoms with Crippen molar-refractivity contribution in [2.24, 2.45) is 0 Å². The van der Waals surface area contributed by atoms with E-state index in [0.29, 0.717) is 11.3 Å². The van der Waals surface area contributed by atoms with Crippen molar-refractivity contribution in [3.05, 3.63) is 28.6 Å². The van der Waals surface area contributed by atoms with Gasteiger partial charge in [0.05, 0.1) is 24.5 Å². The third-order valence-corrected chi connectivity index (χ3v) is 2.12. The molecule has 6 nitrogen and oxygen atoms in total. The Morgan fingerprint density at radius 3 is 2.60 bits per heavy atom. The number of aromatic carboxylic acids is 2. The molecule has 0 aromatic carbocycles. The number of hydrogen-bond acceptors (Lipinski definition) is 4. The first-order valence-corrected chi connectivity index (χ1v) is 4.16. The topological polar surface area (TPSA) is 96.7 Å². The van der Waals surface area contributed by atoms with Gasteiger partial charge in [-0.25, -0.2) is 14.6 Å². The molecule has 0 aliphatic carbocycles. The fourth-order valence-corrected chi connectivity index (χ4v) is 1.43. The first-order valence-electron chi connectivity index (χ1n) is 4.16. The summed E-state index contributed by atoms with van der Waals surface area (Å²) in [5, 5.41) is 17.6. The Morgan fingerprint density at radius 2 is 2.00 bits per heavy atom. The number of ether oxygens (including phenoxy) is 1. The predicted molar refractivity (Wildman–Crippen MR) is 46.6 cm³/mol. The van der Waals surface area contributed by atoms with E-state index in [1.807, 2.05) is 0 Å². The van der Waals surface area contributed by atoms with Crippen LogP contribution in [0.2, 0.25) is 0 Å². The maximum Gasteiger partial charge on any atom is 0.355 e. The third-order valence-electron chi connectivity index (χ3n) is 2.12. The van der Waals surface area contributed by atoms with Gasteiger partial charge < -0.3 is 14.9 Å². The van der Waals surface area contributed by atoms with Gasteiger partial charge in [0.25, 0.3) is 0 Å². The number of carboxylic acid groups (broad SMARTS) is 2. The minimum absolute atomic E-state index is 0.232. The molecule has 0 bridgehead atoms. The Hall–Kier alpha value is -1.95. The molecule has 0 fully saturated rings. The van der Waals surface area contributed by atoms with Gasteiger partial charge in [-0.05, 0) is 6.07 Å². The van der Waals surface area contributed by atoms with Crippen LogP contribution in [0.4, 0.5) is 0 Å². The zero-order chi connectivity index (χ0) is 11.0. The molecule has 15 heavy (non-hydrogen) atoms. The highest BCUT2D eigenvalue weighted by atomic mass is 16.5. The lowest BCUT2D eigenvalue weighted by atomic mass is 10.1. The molecule has 78 valence electrons. The molecule has 2 heterocycles. The number of fused-ring (bicyclic) bond motifs is 1. The average molecular weight is 209 g/mol. The monoisotopic (exact) mass is 209 g/mol. The molecule has 0 saturated carbocycles. The number of pyridine rings is 1. The quantitative estimate of drug-likeness (QED) is 0.736. The molecule has 0 unspecified atom stereocenters. The van der Waals surface area contributed by atoms with Crippen LogP contribution in [0.5, 0.6) is 0 Å². The molecule has 0 saturated heterocycles. The average Bonchev–Trinajstić information content (AvgIpc) is 2.61. The van der Waals surface area contributed by atoms with E-state index in [1.165, 1.54) is 6.07 Å². The van der Waals surface area contributed by atoms with Gasteiger partial charge in [0.1, 0.15) is 0 Å². The van der Waals surface area contributed by atoms with Gasteiger partial charge in [0.15, 0.2) is 5.69 Å². The maximum absolute atomic E-state index is 10.8. The van der Waals surface area contributed by atoms with Gasteiger partial charge in [-0.2, -0.15) is 0 Å². The molecule has 0 atom stereocenters. The van der Waals surface area contributed by atoms with Crippen molar-refractivity contribution < 1.29 is 24.5 Å². The second-order valence-corrected chi connectivity index (χ2v) is 3.09. The van der Waals surface area contributed by atoms with Crippen molar-refractivity contribution in [3.8, 4) is 0 Å². The van der Waals surface area contributed by atoms with Gasteiger partial charge >= 0.3 is 11.9 Å². The van der Waals surface area contributed by atoms with Crippen LogP contribution >= 0.6 is 0 Å². The summed E-state index contributed by atoms with van der Waals surface area (Å²) < 4.78 is 5.04. The molecule has 0 spiro atoms. The van der Waals surface area contributed by atoms with E-state index in [-0.39, 0.29) is 18.8 Å². The smallest absolute Gasteiger partial charge is 0.355 e. The van der Waals surface area contributed by atoms with E-state index in [2.05, 4.69) is 4.98 Å². The first kappa shape index (κ1) is 9.60. The molecule has 1 aliphatic heterocycles. The van der Waals surface area contributed by atoms with Crippen molar-refractivity contribution in [1.82, 2.24) is 4.98 Å². The van der Waals surface area contributed by atoms with Crippen LogP contribution in [0.25, 0.3) is 0 Å². The molecular weight excluding hydrogens is 202 g/mol. The van der Waals surface area contributed by atoms with Crippen LogP contribution in [0.15, 0.2) is 6.07 Å². The molecular formula is C9H7NO5. The van der Waals surface area contributed by atoms with Crippen molar-refractivity contribution in [3.63, 3.8) is 0 Å². The summed E-state index contributed by atoms with van der Waals surface area (Å²) in [6.45, 7) is 0.512. The highest BCUT2D eigenvalue weighted by Crippen LogP contribution is 2.21. The van der Waals surface area contributed by atoms with Gasteiger partial charge in [-0.1, -0.05) is 0 Å². The van der Waals surface area contributed by atoms with Crippen LogP contribution in [0.1, 0.15) is 32.1 Å². The minimum Gasteiger partial charge on any atom is -0.478 e. The highest BCUT2D eigenvalue weighted by Gasteiger charge is 2.23. The summed E-state index contributed by atoms with van der Waals surface area (Å²) >= 11 is 0. The van der Waals surface area contributed by atoms with E-state index in [4.69, 9.17) is 14.9 Å². The minimum atomic E-state index is -1.35. The van der Waals surface area contributed by atoms with Crippen molar-refractivity contribution in [2.75, 3.05) is 0 Å².